The number of rotatable bonds is 5. The third-order valence-electron chi connectivity index (χ3n) is 9.25. The van der Waals surface area contributed by atoms with Crippen molar-refractivity contribution in [3.05, 3.63) is 179 Å². The van der Waals surface area contributed by atoms with Gasteiger partial charge in [0.05, 0.1) is 28.5 Å². The van der Waals surface area contributed by atoms with Gasteiger partial charge in [-0.3, -0.25) is 0 Å². The Morgan fingerprint density at radius 1 is 0.431 bits per heavy atom. The number of fused-ring (bicyclic) bond motifs is 8. The highest BCUT2D eigenvalue weighted by atomic mass is 15.1. The average molecular weight is 656 g/mol. The van der Waals surface area contributed by atoms with Gasteiger partial charge < -0.3 is 9.97 Å². The Morgan fingerprint density at radius 2 is 0.843 bits per heavy atom. The van der Waals surface area contributed by atoms with Crippen molar-refractivity contribution in [1.82, 2.24) is 19.9 Å². The van der Waals surface area contributed by atoms with E-state index in [4.69, 9.17) is 9.97 Å². The summed E-state index contributed by atoms with van der Waals surface area (Å²) in [6, 6.07) is 49.4. The van der Waals surface area contributed by atoms with E-state index in [1.165, 1.54) is 0 Å². The zero-order chi connectivity index (χ0) is 34.1. The van der Waals surface area contributed by atoms with Crippen LogP contribution in [0.25, 0.3) is 101 Å². The fourth-order valence-corrected chi connectivity index (χ4v) is 7.02. The van der Waals surface area contributed by atoms with E-state index in [1.807, 2.05) is 72.8 Å². The molecule has 0 saturated carbocycles. The molecule has 0 atom stereocenters. The lowest BCUT2D eigenvalue weighted by Crippen LogP contribution is -1.91. The van der Waals surface area contributed by atoms with E-state index in [2.05, 4.69) is 111 Å². The fraction of sp³-hybridized carbons (Fsp3) is 0. The van der Waals surface area contributed by atoms with Crippen molar-refractivity contribution in [2.45, 2.75) is 0 Å². The Morgan fingerprint density at radius 3 is 1.35 bits per heavy atom. The molecule has 0 fully saturated rings. The van der Waals surface area contributed by atoms with Crippen molar-refractivity contribution in [3.63, 3.8) is 0 Å². The Hall–Kier alpha value is -7.21. The lowest BCUT2D eigenvalue weighted by Gasteiger charge is -2.07. The van der Waals surface area contributed by atoms with Crippen LogP contribution >= 0.6 is 0 Å². The zero-order valence-corrected chi connectivity index (χ0v) is 27.3. The molecule has 240 valence electrons. The van der Waals surface area contributed by atoms with E-state index in [0.717, 1.165) is 78.0 Å². The summed E-state index contributed by atoms with van der Waals surface area (Å²) >= 11 is 0. The molecule has 3 aromatic heterocycles. The third kappa shape index (κ3) is 5.40. The van der Waals surface area contributed by atoms with Gasteiger partial charge in [-0.1, -0.05) is 126 Å². The summed E-state index contributed by atoms with van der Waals surface area (Å²) in [5, 5.41) is 4.20. The van der Waals surface area contributed by atoms with Crippen LogP contribution in [0.4, 0.5) is 0 Å². The molecule has 51 heavy (non-hydrogen) atoms. The molecule has 2 aliphatic heterocycles. The zero-order valence-electron chi connectivity index (χ0n) is 27.3. The molecule has 5 heterocycles. The molecule has 0 unspecified atom stereocenters. The second-order valence-electron chi connectivity index (χ2n) is 12.3. The smallest absolute Gasteiger partial charge is 0.0832 e. The van der Waals surface area contributed by atoms with Crippen molar-refractivity contribution < 1.29 is 0 Å². The topological polar surface area (TPSA) is 106 Å². The maximum Gasteiger partial charge on any atom is 0.0832 e. The first kappa shape index (κ1) is 29.9. The van der Waals surface area contributed by atoms with Gasteiger partial charge in [0.15, 0.2) is 0 Å². The van der Waals surface area contributed by atoms with E-state index in [1.54, 1.807) is 0 Å². The molecule has 4 aromatic carbocycles. The molecule has 0 spiro atoms. The van der Waals surface area contributed by atoms with Gasteiger partial charge >= 0.3 is 0 Å². The first-order chi connectivity index (χ1) is 25.2. The van der Waals surface area contributed by atoms with Crippen LogP contribution in [0.5, 0.6) is 0 Å². The molecule has 7 heteroatoms. The summed E-state index contributed by atoms with van der Waals surface area (Å²) in [6.07, 6.45) is 5.98. The number of benzene rings is 4. The molecular formula is C44H29N7. The van der Waals surface area contributed by atoms with Gasteiger partial charge in [0, 0.05) is 49.2 Å². The first-order valence-corrected chi connectivity index (χ1v) is 16.7. The van der Waals surface area contributed by atoms with Crippen LogP contribution in [-0.2, 0) is 0 Å². The normalized spacial score (nSPS) is 12.0. The van der Waals surface area contributed by atoms with Crippen molar-refractivity contribution in [2.24, 2.45) is 5.11 Å². The molecule has 8 bridgehead atoms. The van der Waals surface area contributed by atoms with Crippen molar-refractivity contribution in [2.75, 3.05) is 0 Å². The summed E-state index contributed by atoms with van der Waals surface area (Å²) in [5.74, 6) is 0. The molecule has 0 aliphatic carbocycles. The van der Waals surface area contributed by atoms with Gasteiger partial charge in [-0.25, -0.2) is 9.97 Å². The maximum absolute atomic E-state index is 9.79. The largest absolute Gasteiger partial charge is 0.354 e. The first-order valence-electron chi connectivity index (χ1n) is 16.7. The summed E-state index contributed by atoms with van der Waals surface area (Å²) in [4.78, 5) is 21.4. The van der Waals surface area contributed by atoms with Crippen molar-refractivity contribution in [1.29, 1.82) is 0 Å². The summed E-state index contributed by atoms with van der Waals surface area (Å²) < 4.78 is 0. The third-order valence-corrected chi connectivity index (χ3v) is 9.25. The molecule has 2 aliphatic rings. The molecule has 0 amide bonds. The standard InChI is InChI=1S/C44H29N7/c45-51-50-39-27-38-42(30-17-9-3-10-18-30)36-24-23-34(47-36)40(28-13-5-1-6-14-28)32-21-22-33(46-32)41(29-15-7-2-8-16-29)35-25-26-37(48-35)43(44(39)49-38)31-19-11-4-12-20-31/h1-27,46,48H. The average Bonchev–Trinajstić information content (AvgIpc) is 4.01. The highest BCUT2D eigenvalue weighted by Gasteiger charge is 2.22. The van der Waals surface area contributed by atoms with Crippen LogP contribution < -0.4 is 0 Å². The van der Waals surface area contributed by atoms with Gasteiger partial charge in [-0.05, 0) is 70.3 Å². The minimum Gasteiger partial charge on any atom is -0.354 e. The molecule has 0 saturated heterocycles. The Kier molecular flexibility index (Phi) is 7.43. The summed E-state index contributed by atoms with van der Waals surface area (Å²) in [7, 11) is 0. The number of H-pyrrole nitrogens is 2. The van der Waals surface area contributed by atoms with E-state index < -0.39 is 0 Å². The lowest BCUT2D eigenvalue weighted by atomic mass is 10.0. The second kappa shape index (κ2) is 12.7. The number of hydrogen-bond donors (Lipinski definition) is 2. The van der Waals surface area contributed by atoms with E-state index >= 15 is 0 Å². The number of aromatic amines is 2. The predicted molar refractivity (Wildman–Crippen MR) is 209 cm³/mol. The Balaban J connectivity index is 1.52. The van der Waals surface area contributed by atoms with Gasteiger partial charge in [0.1, 0.15) is 0 Å². The molecule has 7 nitrogen and oxygen atoms in total. The fourth-order valence-electron chi connectivity index (χ4n) is 7.02. The van der Waals surface area contributed by atoms with Crippen molar-refractivity contribution >= 4 is 46.0 Å². The van der Waals surface area contributed by atoms with E-state index in [-0.39, 0.29) is 0 Å². The minimum atomic E-state index is 0.435. The number of aromatic nitrogens is 4. The summed E-state index contributed by atoms with van der Waals surface area (Å²) in [5.41, 5.74) is 24.4. The molecule has 0 radical (unpaired) electrons. The quantitative estimate of drug-likeness (QED) is 0.109. The Labute approximate surface area is 293 Å². The van der Waals surface area contributed by atoms with Crippen LogP contribution in [0.15, 0.2) is 151 Å². The number of hydrogen-bond acceptors (Lipinski definition) is 3. The molecule has 2 N–H and O–H groups in total. The van der Waals surface area contributed by atoms with Gasteiger partial charge in [-0.15, -0.1) is 0 Å². The predicted octanol–water partition coefficient (Wildman–Crippen LogP) is 12.0. The minimum absolute atomic E-state index is 0.435. The highest BCUT2D eigenvalue weighted by Crippen LogP contribution is 2.40. The van der Waals surface area contributed by atoms with E-state index in [9.17, 15) is 5.53 Å². The second-order valence-corrected chi connectivity index (χ2v) is 12.3. The van der Waals surface area contributed by atoms with Crippen LogP contribution in [0.2, 0.25) is 0 Å². The highest BCUT2D eigenvalue weighted by molar-refractivity contribution is 6.01. The summed E-state index contributed by atoms with van der Waals surface area (Å²) in [6.45, 7) is 0. The molecule has 7 aromatic rings. The number of azide groups is 1. The lowest BCUT2D eigenvalue weighted by molar-refractivity contribution is 1.27. The molecule has 9 rings (SSSR count). The van der Waals surface area contributed by atoms with Gasteiger partial charge in [0.2, 0.25) is 0 Å². The maximum atomic E-state index is 9.79. The Bertz CT molecular complexity index is 2720. The van der Waals surface area contributed by atoms with Gasteiger partial charge in [0.25, 0.3) is 0 Å². The SMILES string of the molecule is [N-]=[N+]=NC1=Cc2nc1c(-c1ccccc1)c1ccc([nH]1)c(-c1ccccc1)c1ccc([nH]1)c(-c1ccccc1)c1nc(c2-c2ccccc2)C=C1. The number of nitrogens with one attached hydrogen (secondary N) is 2. The van der Waals surface area contributed by atoms with Crippen molar-refractivity contribution in [3.8, 4) is 44.5 Å². The van der Waals surface area contributed by atoms with Crippen LogP contribution in [0.3, 0.4) is 0 Å². The van der Waals surface area contributed by atoms with Crippen LogP contribution in [0.1, 0.15) is 22.8 Å². The van der Waals surface area contributed by atoms with Crippen LogP contribution in [0, 0.1) is 0 Å². The van der Waals surface area contributed by atoms with E-state index in [0.29, 0.717) is 17.1 Å². The molecular weight excluding hydrogens is 627 g/mol. The number of nitrogens with zero attached hydrogens (tertiary/aromatic N) is 5. The van der Waals surface area contributed by atoms with Gasteiger partial charge in [-0.2, -0.15) is 0 Å². The monoisotopic (exact) mass is 655 g/mol. The van der Waals surface area contributed by atoms with Crippen LogP contribution in [-0.4, -0.2) is 19.9 Å².